The molecule has 4 aromatic rings. The second-order valence-corrected chi connectivity index (χ2v) is 8.31. The van der Waals surface area contributed by atoms with Crippen LogP contribution < -0.4 is 11.3 Å². The molecule has 0 aliphatic carbocycles. The number of carbonyl (C=O) groups is 1. The number of primary amides is 1. The third kappa shape index (κ3) is 3.33. The van der Waals surface area contributed by atoms with Crippen molar-refractivity contribution in [3.8, 4) is 22.5 Å². The summed E-state index contributed by atoms with van der Waals surface area (Å²) in [4.78, 5) is 31.5. The van der Waals surface area contributed by atoms with E-state index in [-0.39, 0.29) is 5.56 Å². The van der Waals surface area contributed by atoms with Crippen LogP contribution in [0.25, 0.3) is 32.7 Å². The van der Waals surface area contributed by atoms with E-state index in [1.165, 1.54) is 15.9 Å². The number of amides is 1. The summed E-state index contributed by atoms with van der Waals surface area (Å²) in [7, 11) is 0. The third-order valence-electron chi connectivity index (χ3n) is 5.37. The van der Waals surface area contributed by atoms with Crippen LogP contribution in [0.3, 0.4) is 0 Å². The van der Waals surface area contributed by atoms with E-state index in [1.807, 2.05) is 68.6 Å². The zero-order valence-electron chi connectivity index (χ0n) is 17.2. The van der Waals surface area contributed by atoms with Gasteiger partial charge in [0, 0.05) is 16.5 Å². The lowest BCUT2D eigenvalue weighted by atomic mass is 9.99. The molecule has 2 heterocycles. The number of aromatic nitrogens is 2. The molecule has 1 atom stereocenters. The van der Waals surface area contributed by atoms with Crippen LogP contribution in [0.5, 0.6) is 0 Å². The van der Waals surface area contributed by atoms with Crippen LogP contribution in [0, 0.1) is 13.8 Å². The fourth-order valence-corrected chi connectivity index (χ4v) is 4.84. The summed E-state index contributed by atoms with van der Waals surface area (Å²) in [5.74, 6) is -0.0750. The minimum absolute atomic E-state index is 0.235. The molecule has 152 valence electrons. The maximum atomic E-state index is 13.8. The zero-order chi connectivity index (χ0) is 21.4. The van der Waals surface area contributed by atoms with Gasteiger partial charge >= 0.3 is 0 Å². The van der Waals surface area contributed by atoms with E-state index in [0.717, 1.165) is 27.8 Å². The number of benzene rings is 2. The van der Waals surface area contributed by atoms with Crippen LogP contribution in [0.1, 0.15) is 30.5 Å². The number of aryl methyl sites for hydroxylation is 2. The molecule has 2 aromatic heterocycles. The molecule has 0 fully saturated rings. The van der Waals surface area contributed by atoms with Gasteiger partial charge in [-0.15, -0.1) is 11.3 Å². The first-order chi connectivity index (χ1) is 14.4. The number of rotatable bonds is 5. The highest BCUT2D eigenvalue weighted by Crippen LogP contribution is 2.35. The fraction of sp³-hybridized carbons (Fsp3) is 0.208. The lowest BCUT2D eigenvalue weighted by Gasteiger charge is -2.19. The normalized spacial score (nSPS) is 12.2. The largest absolute Gasteiger partial charge is 0.368 e. The number of hydrogen-bond acceptors (Lipinski definition) is 4. The summed E-state index contributed by atoms with van der Waals surface area (Å²) in [6, 6.07) is 14.8. The molecule has 1 amide bonds. The molecular weight excluding hydrogens is 394 g/mol. The van der Waals surface area contributed by atoms with E-state index in [4.69, 9.17) is 10.7 Å². The Bertz CT molecular complexity index is 1310. The van der Waals surface area contributed by atoms with Crippen LogP contribution in [-0.4, -0.2) is 15.5 Å². The second kappa shape index (κ2) is 7.88. The lowest BCUT2D eigenvalue weighted by molar-refractivity contribution is -0.121. The van der Waals surface area contributed by atoms with E-state index in [2.05, 4.69) is 6.07 Å². The number of nitrogens with zero attached hydrogens (tertiary/aromatic N) is 2. The van der Waals surface area contributed by atoms with Crippen molar-refractivity contribution in [1.82, 2.24) is 9.55 Å². The van der Waals surface area contributed by atoms with Gasteiger partial charge in [-0.1, -0.05) is 61.0 Å². The molecule has 0 aliphatic heterocycles. The molecule has 5 nitrogen and oxygen atoms in total. The van der Waals surface area contributed by atoms with Gasteiger partial charge in [-0.2, -0.15) is 0 Å². The zero-order valence-corrected chi connectivity index (χ0v) is 18.0. The summed E-state index contributed by atoms with van der Waals surface area (Å²) >= 11 is 1.44. The van der Waals surface area contributed by atoms with Crippen molar-refractivity contribution in [2.24, 2.45) is 5.73 Å². The van der Waals surface area contributed by atoms with Crippen molar-refractivity contribution in [2.75, 3.05) is 0 Å². The number of nitrogens with two attached hydrogens (primary N) is 1. The van der Waals surface area contributed by atoms with Gasteiger partial charge in [0.1, 0.15) is 16.7 Å². The number of thiophene rings is 1. The molecule has 0 spiro atoms. The summed E-state index contributed by atoms with van der Waals surface area (Å²) in [5, 5.41) is 2.51. The summed E-state index contributed by atoms with van der Waals surface area (Å²) < 4.78 is 1.47. The minimum Gasteiger partial charge on any atom is -0.368 e. The van der Waals surface area contributed by atoms with Crippen LogP contribution in [0.4, 0.5) is 0 Å². The van der Waals surface area contributed by atoms with Gasteiger partial charge in [0.25, 0.3) is 5.56 Å². The average Bonchev–Trinajstić information content (AvgIpc) is 3.14. The summed E-state index contributed by atoms with van der Waals surface area (Å²) in [5.41, 5.74) is 10.3. The van der Waals surface area contributed by atoms with Gasteiger partial charge < -0.3 is 5.73 Å². The second-order valence-electron chi connectivity index (χ2n) is 7.45. The van der Waals surface area contributed by atoms with E-state index >= 15 is 0 Å². The van der Waals surface area contributed by atoms with Crippen molar-refractivity contribution in [2.45, 2.75) is 33.2 Å². The predicted octanol–water partition coefficient (Wildman–Crippen LogP) is 4.85. The Morgan fingerprint density at radius 1 is 1.13 bits per heavy atom. The molecule has 0 saturated heterocycles. The Labute approximate surface area is 178 Å². The molecular formula is C24H23N3O2S. The molecule has 2 aromatic carbocycles. The van der Waals surface area contributed by atoms with Crippen LogP contribution >= 0.6 is 11.3 Å². The highest BCUT2D eigenvalue weighted by atomic mass is 32.1. The molecule has 0 bridgehead atoms. The lowest BCUT2D eigenvalue weighted by Crippen LogP contribution is -2.35. The van der Waals surface area contributed by atoms with E-state index in [1.54, 1.807) is 0 Å². The fourth-order valence-electron chi connectivity index (χ4n) is 3.91. The molecule has 2 N–H and O–H groups in total. The van der Waals surface area contributed by atoms with E-state index in [9.17, 15) is 9.59 Å². The van der Waals surface area contributed by atoms with Crippen molar-refractivity contribution < 1.29 is 4.79 Å². The highest BCUT2D eigenvalue weighted by Gasteiger charge is 2.25. The monoisotopic (exact) mass is 417 g/mol. The third-order valence-corrected chi connectivity index (χ3v) is 6.24. The Kier molecular flexibility index (Phi) is 5.26. The molecule has 0 aliphatic rings. The van der Waals surface area contributed by atoms with Crippen LogP contribution in [-0.2, 0) is 4.79 Å². The van der Waals surface area contributed by atoms with Gasteiger partial charge in [0.05, 0.1) is 5.39 Å². The van der Waals surface area contributed by atoms with Gasteiger partial charge in [-0.25, -0.2) is 4.98 Å². The maximum absolute atomic E-state index is 13.8. The van der Waals surface area contributed by atoms with Crippen LogP contribution in [0.15, 0.2) is 58.7 Å². The van der Waals surface area contributed by atoms with E-state index in [0.29, 0.717) is 22.5 Å². The molecule has 0 radical (unpaired) electrons. The number of hydrogen-bond donors (Lipinski definition) is 1. The van der Waals surface area contributed by atoms with Crippen molar-refractivity contribution in [3.63, 3.8) is 0 Å². The number of carbonyl (C=O) groups excluding carboxylic acids is 1. The number of fused-ring (bicyclic) bond motifs is 1. The summed E-state index contributed by atoms with van der Waals surface area (Å²) in [6.45, 7) is 5.93. The highest BCUT2D eigenvalue weighted by molar-refractivity contribution is 7.17. The SMILES string of the molecule is CCC(C(N)=O)n1c(-c2ccccc2)nc2scc(-c3ccc(C)cc3C)c2c1=O. The predicted molar refractivity (Wildman–Crippen MR) is 123 cm³/mol. The molecule has 0 saturated carbocycles. The Morgan fingerprint density at radius 3 is 2.50 bits per heavy atom. The van der Waals surface area contributed by atoms with Crippen molar-refractivity contribution in [3.05, 3.63) is 75.4 Å². The molecule has 6 heteroatoms. The Balaban J connectivity index is 2.08. The van der Waals surface area contributed by atoms with Gasteiger partial charge in [-0.05, 0) is 31.4 Å². The Morgan fingerprint density at radius 2 is 1.87 bits per heavy atom. The van der Waals surface area contributed by atoms with E-state index < -0.39 is 11.9 Å². The first kappa shape index (κ1) is 20.0. The van der Waals surface area contributed by atoms with Gasteiger partial charge in [0.15, 0.2) is 0 Å². The standard InChI is InChI=1S/C24H23N3O2S/c1-4-19(21(25)28)27-22(16-8-6-5-7-9-16)26-23-20(24(27)29)18(13-30-23)17-11-10-14(2)12-15(17)3/h5-13,19H,4H2,1-3H3,(H2,25,28). The smallest absolute Gasteiger partial charge is 0.263 e. The average molecular weight is 418 g/mol. The van der Waals surface area contributed by atoms with Crippen LogP contribution in [0.2, 0.25) is 0 Å². The first-order valence-corrected chi connectivity index (χ1v) is 10.8. The summed E-state index contributed by atoms with van der Waals surface area (Å²) in [6.07, 6.45) is 0.408. The quantitative estimate of drug-likeness (QED) is 0.504. The molecule has 30 heavy (non-hydrogen) atoms. The minimum atomic E-state index is -0.767. The van der Waals surface area contributed by atoms with Gasteiger partial charge in [0.2, 0.25) is 5.91 Å². The van der Waals surface area contributed by atoms with Crippen molar-refractivity contribution in [1.29, 1.82) is 0 Å². The molecule has 4 rings (SSSR count). The van der Waals surface area contributed by atoms with Crippen molar-refractivity contribution >= 4 is 27.5 Å². The first-order valence-electron chi connectivity index (χ1n) is 9.88. The molecule has 1 unspecified atom stereocenters. The Hall–Kier alpha value is -3.25. The maximum Gasteiger partial charge on any atom is 0.263 e. The topological polar surface area (TPSA) is 78.0 Å². The van der Waals surface area contributed by atoms with Gasteiger partial charge in [-0.3, -0.25) is 14.2 Å².